The van der Waals surface area contributed by atoms with Gasteiger partial charge in [0.25, 0.3) is 0 Å². The molecule has 0 aliphatic heterocycles. The highest BCUT2D eigenvalue weighted by Gasteiger charge is 2.08. The normalized spacial score (nSPS) is 11.9. The number of carbonyl (C=O) groups is 1. The van der Waals surface area contributed by atoms with Crippen molar-refractivity contribution in [3.63, 3.8) is 0 Å². The van der Waals surface area contributed by atoms with Gasteiger partial charge in [0.1, 0.15) is 5.75 Å². The monoisotopic (exact) mass is 251 g/mol. The number of aryl methyl sites for hydroxylation is 1. The predicted octanol–water partition coefficient (Wildman–Crippen LogP) is 1.65. The van der Waals surface area contributed by atoms with Gasteiger partial charge in [-0.05, 0) is 25.5 Å². The fraction of sp³-hybridized carbons (Fsp3) is 0.500. The van der Waals surface area contributed by atoms with Crippen LogP contribution in [0.4, 0.5) is 0 Å². The predicted molar refractivity (Wildman–Crippen MR) is 70.6 cm³/mol. The van der Waals surface area contributed by atoms with Crippen LogP contribution in [0.5, 0.6) is 5.75 Å². The minimum atomic E-state index is -0.156. The molecule has 0 saturated heterocycles. The van der Waals surface area contributed by atoms with Crippen LogP contribution in [0.3, 0.4) is 0 Å². The van der Waals surface area contributed by atoms with E-state index in [0.29, 0.717) is 13.0 Å². The van der Waals surface area contributed by atoms with Crippen molar-refractivity contribution in [1.82, 2.24) is 5.32 Å². The summed E-state index contributed by atoms with van der Waals surface area (Å²) in [6.45, 7) is 4.25. The van der Waals surface area contributed by atoms with Crippen molar-refractivity contribution in [2.75, 3.05) is 13.2 Å². The maximum atomic E-state index is 11.5. The van der Waals surface area contributed by atoms with Gasteiger partial charge in [0.05, 0.1) is 25.7 Å². The summed E-state index contributed by atoms with van der Waals surface area (Å²) >= 11 is 0. The molecule has 1 unspecified atom stereocenters. The van der Waals surface area contributed by atoms with Crippen LogP contribution >= 0.6 is 0 Å². The van der Waals surface area contributed by atoms with Crippen LogP contribution in [0.1, 0.15) is 25.3 Å². The van der Waals surface area contributed by atoms with Crippen molar-refractivity contribution < 1.29 is 14.6 Å². The van der Waals surface area contributed by atoms with Crippen molar-refractivity contribution in [3.05, 3.63) is 29.8 Å². The molecule has 1 aromatic carbocycles. The zero-order valence-corrected chi connectivity index (χ0v) is 11.0. The molecule has 1 amide bonds. The van der Waals surface area contributed by atoms with Gasteiger partial charge >= 0.3 is 0 Å². The molecule has 4 heteroatoms. The molecule has 0 bridgehead atoms. The third kappa shape index (κ3) is 5.19. The Morgan fingerprint density at radius 2 is 2.06 bits per heavy atom. The largest absolute Gasteiger partial charge is 0.493 e. The number of hydrogen-bond donors (Lipinski definition) is 2. The minimum absolute atomic E-state index is 0.0267. The lowest BCUT2D eigenvalue weighted by molar-refractivity contribution is -0.122. The fourth-order valence-electron chi connectivity index (χ4n) is 1.47. The average Bonchev–Trinajstić information content (AvgIpc) is 2.38. The average molecular weight is 251 g/mol. The lowest BCUT2D eigenvalue weighted by Gasteiger charge is -2.14. The summed E-state index contributed by atoms with van der Waals surface area (Å²) in [5.41, 5.74) is 1.17. The first-order valence-corrected chi connectivity index (χ1v) is 6.25. The third-order valence-electron chi connectivity index (χ3n) is 2.70. The van der Waals surface area contributed by atoms with Crippen LogP contribution in [-0.4, -0.2) is 30.3 Å². The molecular weight excluding hydrogens is 230 g/mol. The summed E-state index contributed by atoms with van der Waals surface area (Å²) < 4.78 is 5.46. The van der Waals surface area contributed by atoms with Crippen LogP contribution in [-0.2, 0) is 4.79 Å². The second-order valence-corrected chi connectivity index (χ2v) is 4.27. The van der Waals surface area contributed by atoms with E-state index in [0.717, 1.165) is 12.2 Å². The molecule has 18 heavy (non-hydrogen) atoms. The van der Waals surface area contributed by atoms with Crippen molar-refractivity contribution in [1.29, 1.82) is 0 Å². The number of amides is 1. The first-order valence-electron chi connectivity index (χ1n) is 6.25. The molecular formula is C14H21NO3. The van der Waals surface area contributed by atoms with Crippen LogP contribution in [0.25, 0.3) is 0 Å². The van der Waals surface area contributed by atoms with E-state index in [1.807, 2.05) is 38.1 Å². The number of nitrogens with one attached hydrogen (secondary N) is 1. The minimum Gasteiger partial charge on any atom is -0.493 e. The highest BCUT2D eigenvalue weighted by atomic mass is 16.5. The van der Waals surface area contributed by atoms with Gasteiger partial charge in [-0.1, -0.05) is 24.6 Å². The first-order chi connectivity index (χ1) is 8.65. The molecule has 4 nitrogen and oxygen atoms in total. The molecule has 0 saturated carbocycles. The lowest BCUT2D eigenvalue weighted by atomic mass is 10.2. The Labute approximate surface area is 108 Å². The standard InChI is InChI=1S/C14H21NO3/c1-3-12(10-16)15-14(17)8-9-18-13-6-4-11(2)5-7-13/h4-7,12,16H,3,8-10H2,1-2H3,(H,15,17). The summed E-state index contributed by atoms with van der Waals surface area (Å²) in [4.78, 5) is 11.5. The van der Waals surface area contributed by atoms with E-state index in [1.54, 1.807) is 0 Å². The molecule has 1 atom stereocenters. The van der Waals surface area contributed by atoms with Gasteiger partial charge < -0.3 is 15.2 Å². The Morgan fingerprint density at radius 3 is 2.61 bits per heavy atom. The summed E-state index contributed by atoms with van der Waals surface area (Å²) in [6.07, 6.45) is 1.02. The molecule has 0 aromatic heterocycles. The van der Waals surface area contributed by atoms with Gasteiger partial charge in [-0.25, -0.2) is 0 Å². The van der Waals surface area contributed by atoms with Gasteiger partial charge in [0, 0.05) is 0 Å². The number of hydrogen-bond acceptors (Lipinski definition) is 3. The number of carbonyl (C=O) groups excluding carboxylic acids is 1. The number of rotatable bonds is 7. The molecule has 0 spiro atoms. The van der Waals surface area contributed by atoms with Crippen molar-refractivity contribution in [2.45, 2.75) is 32.7 Å². The molecule has 0 aliphatic rings. The van der Waals surface area contributed by atoms with Crippen molar-refractivity contribution >= 4 is 5.91 Å². The molecule has 2 N–H and O–H groups in total. The van der Waals surface area contributed by atoms with E-state index in [1.165, 1.54) is 5.56 Å². The number of aliphatic hydroxyl groups is 1. The van der Waals surface area contributed by atoms with E-state index in [9.17, 15) is 4.79 Å². The molecule has 0 fully saturated rings. The Balaban J connectivity index is 2.25. The molecule has 1 aromatic rings. The summed E-state index contributed by atoms with van der Waals surface area (Å²) in [7, 11) is 0. The zero-order chi connectivity index (χ0) is 13.4. The molecule has 100 valence electrons. The Kier molecular flexibility index (Phi) is 6.22. The fourth-order valence-corrected chi connectivity index (χ4v) is 1.47. The Hall–Kier alpha value is -1.55. The maximum Gasteiger partial charge on any atom is 0.223 e. The Bertz CT molecular complexity index is 358. The van der Waals surface area contributed by atoms with Gasteiger partial charge in [0.2, 0.25) is 5.91 Å². The van der Waals surface area contributed by atoms with E-state index >= 15 is 0 Å². The smallest absolute Gasteiger partial charge is 0.223 e. The molecule has 1 rings (SSSR count). The zero-order valence-electron chi connectivity index (χ0n) is 11.0. The van der Waals surface area contributed by atoms with Gasteiger partial charge in [0.15, 0.2) is 0 Å². The van der Waals surface area contributed by atoms with Crippen LogP contribution in [0, 0.1) is 6.92 Å². The Morgan fingerprint density at radius 1 is 1.39 bits per heavy atom. The highest BCUT2D eigenvalue weighted by molar-refractivity contribution is 5.76. The topological polar surface area (TPSA) is 58.6 Å². The van der Waals surface area contributed by atoms with Crippen LogP contribution < -0.4 is 10.1 Å². The first kappa shape index (κ1) is 14.5. The van der Waals surface area contributed by atoms with Crippen LogP contribution in [0.15, 0.2) is 24.3 Å². The van der Waals surface area contributed by atoms with E-state index < -0.39 is 0 Å². The van der Waals surface area contributed by atoms with Gasteiger partial charge in [-0.15, -0.1) is 0 Å². The summed E-state index contributed by atoms with van der Waals surface area (Å²) in [5, 5.41) is 11.7. The second-order valence-electron chi connectivity index (χ2n) is 4.27. The highest BCUT2D eigenvalue weighted by Crippen LogP contribution is 2.11. The van der Waals surface area contributed by atoms with E-state index in [4.69, 9.17) is 9.84 Å². The lowest BCUT2D eigenvalue weighted by Crippen LogP contribution is -2.37. The molecule has 0 aliphatic carbocycles. The molecule has 0 heterocycles. The quantitative estimate of drug-likeness (QED) is 0.774. The summed E-state index contributed by atoms with van der Waals surface area (Å²) in [6, 6.07) is 7.55. The third-order valence-corrected chi connectivity index (χ3v) is 2.70. The van der Waals surface area contributed by atoms with Crippen molar-refractivity contribution in [2.24, 2.45) is 0 Å². The maximum absolute atomic E-state index is 11.5. The van der Waals surface area contributed by atoms with Crippen LogP contribution in [0.2, 0.25) is 0 Å². The number of aliphatic hydroxyl groups excluding tert-OH is 1. The molecule has 0 radical (unpaired) electrons. The van der Waals surface area contributed by atoms with Crippen molar-refractivity contribution in [3.8, 4) is 5.75 Å². The summed E-state index contributed by atoms with van der Waals surface area (Å²) in [5.74, 6) is 0.672. The van der Waals surface area contributed by atoms with Gasteiger partial charge in [-0.2, -0.15) is 0 Å². The number of ether oxygens (including phenoxy) is 1. The number of benzene rings is 1. The second kappa shape index (κ2) is 7.71. The van der Waals surface area contributed by atoms with E-state index in [2.05, 4.69) is 5.32 Å². The van der Waals surface area contributed by atoms with E-state index in [-0.39, 0.29) is 18.6 Å². The van der Waals surface area contributed by atoms with Gasteiger partial charge in [-0.3, -0.25) is 4.79 Å². The SMILES string of the molecule is CCC(CO)NC(=O)CCOc1ccc(C)cc1.